The van der Waals surface area contributed by atoms with Gasteiger partial charge < -0.3 is 14.6 Å². The minimum absolute atomic E-state index is 0.0854. The number of halogens is 1. The molecule has 5 nitrogen and oxygen atoms in total. The molecule has 1 amide bonds. The van der Waals surface area contributed by atoms with E-state index in [-0.39, 0.29) is 24.7 Å². The summed E-state index contributed by atoms with van der Waals surface area (Å²) in [4.78, 5) is 20.4. The number of benzene rings is 1. The molecule has 1 aromatic carbocycles. The molecular weight excluding hydrogens is 261 g/mol. The minimum atomic E-state index is -0.427. The molecule has 0 aliphatic carbocycles. The fourth-order valence-electron chi connectivity index (χ4n) is 1.70. The number of para-hydroxylation sites is 1. The van der Waals surface area contributed by atoms with Crippen LogP contribution >= 0.6 is 0 Å². The molecular formula is C14H16FN3O2. The fourth-order valence-corrected chi connectivity index (χ4v) is 1.70. The second kappa shape index (κ2) is 6.70. The number of nitrogens with zero attached hydrogens (tertiary/aromatic N) is 2. The third kappa shape index (κ3) is 3.81. The predicted octanol–water partition coefficient (Wildman–Crippen LogP) is 1.98. The van der Waals surface area contributed by atoms with Crippen molar-refractivity contribution in [1.82, 2.24) is 14.9 Å². The number of hydrogen-bond acceptors (Lipinski definition) is 3. The highest BCUT2D eigenvalue weighted by molar-refractivity contribution is 5.75. The van der Waals surface area contributed by atoms with Gasteiger partial charge in [0.2, 0.25) is 5.91 Å². The summed E-state index contributed by atoms with van der Waals surface area (Å²) in [6.45, 7) is 0.549. The molecule has 0 spiro atoms. The largest absolute Gasteiger partial charge is 0.490 e. The molecule has 0 bridgehead atoms. The van der Waals surface area contributed by atoms with Gasteiger partial charge in [-0.2, -0.15) is 0 Å². The lowest BCUT2D eigenvalue weighted by Gasteiger charge is -2.16. The zero-order valence-corrected chi connectivity index (χ0v) is 11.2. The number of carbonyl (C=O) groups excluding carboxylic acids is 1. The van der Waals surface area contributed by atoms with Crippen LogP contribution in [0.3, 0.4) is 0 Å². The van der Waals surface area contributed by atoms with Crippen LogP contribution in [0.1, 0.15) is 12.2 Å². The fraction of sp³-hybridized carbons (Fsp3) is 0.286. The molecule has 0 aliphatic heterocycles. The lowest BCUT2D eigenvalue weighted by molar-refractivity contribution is -0.131. The van der Waals surface area contributed by atoms with E-state index in [0.717, 1.165) is 5.82 Å². The van der Waals surface area contributed by atoms with Gasteiger partial charge in [0.1, 0.15) is 5.82 Å². The highest BCUT2D eigenvalue weighted by Crippen LogP contribution is 2.15. The molecule has 1 aromatic heterocycles. The molecule has 0 fully saturated rings. The van der Waals surface area contributed by atoms with Crippen LogP contribution in [-0.4, -0.2) is 34.4 Å². The monoisotopic (exact) mass is 277 g/mol. The van der Waals surface area contributed by atoms with Crippen LogP contribution in [0.5, 0.6) is 5.75 Å². The Bertz CT molecular complexity index is 557. The van der Waals surface area contributed by atoms with Crippen LogP contribution in [0.4, 0.5) is 4.39 Å². The van der Waals surface area contributed by atoms with Crippen molar-refractivity contribution in [2.45, 2.75) is 13.0 Å². The number of H-pyrrole nitrogens is 1. The Morgan fingerprint density at radius 3 is 2.95 bits per heavy atom. The van der Waals surface area contributed by atoms with Gasteiger partial charge in [0, 0.05) is 19.4 Å². The molecule has 1 heterocycles. The van der Waals surface area contributed by atoms with Crippen molar-refractivity contribution >= 4 is 5.91 Å². The molecule has 106 valence electrons. The summed E-state index contributed by atoms with van der Waals surface area (Å²) < 4.78 is 18.5. The van der Waals surface area contributed by atoms with Gasteiger partial charge in [-0.1, -0.05) is 12.1 Å². The quantitative estimate of drug-likeness (QED) is 0.878. The average molecular weight is 277 g/mol. The van der Waals surface area contributed by atoms with Crippen LogP contribution in [0, 0.1) is 5.82 Å². The smallest absolute Gasteiger partial charge is 0.226 e. The Kier molecular flexibility index (Phi) is 4.70. The van der Waals surface area contributed by atoms with Gasteiger partial charge in [-0.3, -0.25) is 4.79 Å². The summed E-state index contributed by atoms with van der Waals surface area (Å²) in [5, 5.41) is 0. The highest BCUT2D eigenvalue weighted by Gasteiger charge is 2.11. The standard InChI is InChI=1S/C14H16FN3O2/c1-18(10-13-16-7-8-17-13)14(19)6-9-20-12-5-3-2-4-11(12)15/h2-5,7-8H,6,9-10H2,1H3,(H,16,17). The van der Waals surface area contributed by atoms with Gasteiger partial charge >= 0.3 is 0 Å². The molecule has 2 aromatic rings. The van der Waals surface area contributed by atoms with Crippen LogP contribution < -0.4 is 4.74 Å². The van der Waals surface area contributed by atoms with E-state index in [0.29, 0.717) is 6.54 Å². The van der Waals surface area contributed by atoms with Crippen molar-refractivity contribution < 1.29 is 13.9 Å². The van der Waals surface area contributed by atoms with E-state index < -0.39 is 5.82 Å². The van der Waals surface area contributed by atoms with Crippen LogP contribution in [0.2, 0.25) is 0 Å². The zero-order valence-electron chi connectivity index (χ0n) is 11.2. The van der Waals surface area contributed by atoms with E-state index >= 15 is 0 Å². The maximum absolute atomic E-state index is 13.3. The number of rotatable bonds is 6. The molecule has 0 unspecified atom stereocenters. The second-order valence-electron chi connectivity index (χ2n) is 4.31. The molecule has 0 saturated heterocycles. The van der Waals surface area contributed by atoms with Crippen molar-refractivity contribution in [3.05, 3.63) is 48.3 Å². The summed E-state index contributed by atoms with van der Waals surface area (Å²) >= 11 is 0. The normalized spacial score (nSPS) is 10.3. The van der Waals surface area contributed by atoms with Crippen molar-refractivity contribution in [3.63, 3.8) is 0 Å². The highest BCUT2D eigenvalue weighted by atomic mass is 19.1. The predicted molar refractivity (Wildman–Crippen MR) is 71.6 cm³/mol. The number of aromatic nitrogens is 2. The maximum Gasteiger partial charge on any atom is 0.226 e. The zero-order chi connectivity index (χ0) is 14.4. The van der Waals surface area contributed by atoms with E-state index in [1.54, 1.807) is 36.5 Å². The van der Waals surface area contributed by atoms with Gasteiger partial charge in [0.05, 0.1) is 19.6 Å². The van der Waals surface area contributed by atoms with Gasteiger partial charge in [-0.05, 0) is 12.1 Å². The summed E-state index contributed by atoms with van der Waals surface area (Å²) in [6.07, 6.45) is 3.52. The Balaban J connectivity index is 1.76. The number of nitrogens with one attached hydrogen (secondary N) is 1. The van der Waals surface area contributed by atoms with Gasteiger partial charge in [-0.25, -0.2) is 9.37 Å². The topological polar surface area (TPSA) is 58.2 Å². The molecule has 2 rings (SSSR count). The first-order chi connectivity index (χ1) is 9.66. The summed E-state index contributed by atoms with van der Waals surface area (Å²) in [6, 6.07) is 6.13. The molecule has 0 radical (unpaired) electrons. The van der Waals surface area contributed by atoms with E-state index in [9.17, 15) is 9.18 Å². The second-order valence-corrected chi connectivity index (χ2v) is 4.31. The molecule has 6 heteroatoms. The molecule has 0 saturated carbocycles. The minimum Gasteiger partial charge on any atom is -0.490 e. The van der Waals surface area contributed by atoms with Crippen molar-refractivity contribution in [2.24, 2.45) is 0 Å². The van der Waals surface area contributed by atoms with Gasteiger partial charge in [0.25, 0.3) is 0 Å². The van der Waals surface area contributed by atoms with Crippen LogP contribution in [-0.2, 0) is 11.3 Å². The Morgan fingerprint density at radius 2 is 2.25 bits per heavy atom. The molecule has 0 aliphatic rings. The number of amides is 1. The van der Waals surface area contributed by atoms with E-state index in [1.165, 1.54) is 12.1 Å². The van der Waals surface area contributed by atoms with E-state index in [1.807, 2.05) is 0 Å². The third-order valence-electron chi connectivity index (χ3n) is 2.78. The number of ether oxygens (including phenoxy) is 1. The van der Waals surface area contributed by atoms with E-state index in [4.69, 9.17) is 4.74 Å². The first-order valence-corrected chi connectivity index (χ1v) is 6.26. The van der Waals surface area contributed by atoms with Gasteiger partial charge in [-0.15, -0.1) is 0 Å². The lowest BCUT2D eigenvalue weighted by atomic mass is 10.3. The Labute approximate surface area is 116 Å². The van der Waals surface area contributed by atoms with Crippen molar-refractivity contribution in [2.75, 3.05) is 13.7 Å². The van der Waals surface area contributed by atoms with Crippen molar-refractivity contribution in [3.8, 4) is 5.75 Å². The summed E-state index contributed by atoms with van der Waals surface area (Å²) in [7, 11) is 1.69. The van der Waals surface area contributed by atoms with Crippen LogP contribution in [0.25, 0.3) is 0 Å². The first kappa shape index (κ1) is 14.0. The first-order valence-electron chi connectivity index (χ1n) is 6.26. The number of imidazole rings is 1. The molecule has 1 N–H and O–H groups in total. The lowest BCUT2D eigenvalue weighted by Crippen LogP contribution is -2.28. The number of carbonyl (C=O) groups is 1. The third-order valence-corrected chi connectivity index (χ3v) is 2.78. The number of aromatic amines is 1. The van der Waals surface area contributed by atoms with Crippen LogP contribution in [0.15, 0.2) is 36.7 Å². The SMILES string of the molecule is CN(Cc1ncc[nH]1)C(=O)CCOc1ccccc1F. The summed E-state index contributed by atoms with van der Waals surface area (Å²) in [5.74, 6) is 0.367. The van der Waals surface area contributed by atoms with E-state index in [2.05, 4.69) is 9.97 Å². The van der Waals surface area contributed by atoms with Gasteiger partial charge in [0.15, 0.2) is 11.6 Å². The summed E-state index contributed by atoms with van der Waals surface area (Å²) in [5.41, 5.74) is 0. The number of hydrogen-bond donors (Lipinski definition) is 1. The Hall–Kier alpha value is -2.37. The average Bonchev–Trinajstić information content (AvgIpc) is 2.93. The Morgan fingerprint density at radius 1 is 1.45 bits per heavy atom. The molecule has 0 atom stereocenters. The van der Waals surface area contributed by atoms with Crippen molar-refractivity contribution in [1.29, 1.82) is 0 Å². The molecule has 20 heavy (non-hydrogen) atoms. The maximum atomic E-state index is 13.3.